The molecular weight excluding hydrogens is 519 g/mol. The summed E-state index contributed by atoms with van der Waals surface area (Å²) in [7, 11) is 0. The fraction of sp³-hybridized carbons (Fsp3) is 0.536. The summed E-state index contributed by atoms with van der Waals surface area (Å²) >= 11 is 6.13. The maximum absolute atomic E-state index is 10.6. The predicted molar refractivity (Wildman–Crippen MR) is 143 cm³/mol. The van der Waals surface area contributed by atoms with E-state index in [0.717, 1.165) is 69.3 Å². The first-order valence-electron chi connectivity index (χ1n) is 13.0. The normalized spacial score (nSPS) is 20.1. The van der Waals surface area contributed by atoms with Crippen LogP contribution in [0.4, 0.5) is 18.9 Å². The molecule has 3 N–H and O–H groups in total. The molecule has 0 unspecified atom stereocenters. The Kier molecular flexibility index (Phi) is 11.7. The van der Waals surface area contributed by atoms with Crippen molar-refractivity contribution in [3.63, 3.8) is 0 Å². The number of morpholine rings is 1. The van der Waals surface area contributed by atoms with Gasteiger partial charge in [-0.2, -0.15) is 13.2 Å². The van der Waals surface area contributed by atoms with Crippen molar-refractivity contribution in [3.05, 3.63) is 64.7 Å². The molecule has 2 fully saturated rings. The Morgan fingerprint density at radius 3 is 2.16 bits per heavy atom. The summed E-state index contributed by atoms with van der Waals surface area (Å²) in [5.74, 6) is -1.28. The van der Waals surface area contributed by atoms with E-state index in [9.17, 15) is 13.2 Å². The number of benzene rings is 2. The molecule has 2 aromatic carbocycles. The summed E-state index contributed by atoms with van der Waals surface area (Å²) in [6, 6.07) is 17.2. The molecule has 1 heterocycles. The van der Waals surface area contributed by atoms with Crippen LogP contribution in [0.3, 0.4) is 0 Å². The Hall–Kier alpha value is -2.33. The second-order valence-corrected chi connectivity index (χ2v) is 10.4. The number of nitrogens with two attached hydrogens (primary N) is 1. The van der Waals surface area contributed by atoms with Crippen molar-refractivity contribution >= 4 is 23.3 Å². The van der Waals surface area contributed by atoms with Crippen molar-refractivity contribution in [3.8, 4) is 0 Å². The number of carboxylic acids is 1. The van der Waals surface area contributed by atoms with Gasteiger partial charge in [-0.05, 0) is 73.4 Å². The van der Waals surface area contributed by atoms with E-state index in [1.807, 2.05) is 12.1 Å². The lowest BCUT2D eigenvalue weighted by Crippen LogP contribution is -2.37. The van der Waals surface area contributed by atoms with Crippen molar-refractivity contribution < 1.29 is 27.8 Å². The lowest BCUT2D eigenvalue weighted by Gasteiger charge is -2.34. The molecule has 0 aromatic heterocycles. The van der Waals surface area contributed by atoms with E-state index in [4.69, 9.17) is 32.0 Å². The zero-order chi connectivity index (χ0) is 27.5. The Morgan fingerprint density at radius 1 is 1.00 bits per heavy atom. The van der Waals surface area contributed by atoms with Gasteiger partial charge in [0.25, 0.3) is 0 Å². The van der Waals surface area contributed by atoms with Gasteiger partial charge in [-0.1, -0.05) is 41.9 Å². The molecule has 1 saturated carbocycles. The number of rotatable bonds is 8. The molecule has 1 aliphatic heterocycles. The lowest BCUT2D eigenvalue weighted by molar-refractivity contribution is -0.192. The molecule has 1 saturated heterocycles. The van der Waals surface area contributed by atoms with Crippen molar-refractivity contribution in [2.75, 3.05) is 44.3 Å². The minimum atomic E-state index is -5.08. The fourth-order valence-corrected chi connectivity index (χ4v) is 5.17. The van der Waals surface area contributed by atoms with E-state index < -0.39 is 12.1 Å². The Labute approximate surface area is 227 Å². The smallest absolute Gasteiger partial charge is 0.475 e. The zero-order valence-electron chi connectivity index (χ0n) is 21.5. The predicted octanol–water partition coefficient (Wildman–Crippen LogP) is 5.58. The van der Waals surface area contributed by atoms with E-state index in [1.54, 1.807) is 0 Å². The lowest BCUT2D eigenvalue weighted by atomic mass is 9.82. The Balaban J connectivity index is 0.000000505. The average Bonchev–Trinajstić information content (AvgIpc) is 2.91. The molecule has 0 amide bonds. The molecule has 10 heteroatoms. The van der Waals surface area contributed by atoms with Crippen LogP contribution in [-0.2, 0) is 22.6 Å². The zero-order valence-corrected chi connectivity index (χ0v) is 22.3. The van der Waals surface area contributed by atoms with Crippen molar-refractivity contribution in [1.82, 2.24) is 4.90 Å². The van der Waals surface area contributed by atoms with Gasteiger partial charge in [0.2, 0.25) is 0 Å². The van der Waals surface area contributed by atoms with Gasteiger partial charge in [0, 0.05) is 43.4 Å². The number of anilines is 1. The van der Waals surface area contributed by atoms with Crippen LogP contribution in [-0.4, -0.2) is 61.5 Å². The molecule has 2 aromatic rings. The minimum Gasteiger partial charge on any atom is -0.475 e. The first kappa shape index (κ1) is 30.2. The van der Waals surface area contributed by atoms with Crippen LogP contribution in [0.15, 0.2) is 48.5 Å². The topological polar surface area (TPSA) is 79.0 Å². The third-order valence-corrected chi connectivity index (χ3v) is 7.37. The molecule has 6 nitrogen and oxygen atoms in total. The monoisotopic (exact) mass is 555 g/mol. The SMILES string of the molecule is NCC1CCC(CN(Cc2ccc(Cl)cc2)Cc2ccccc2N2CCOCC2)CC1.O=C(O)C(F)(F)F. The highest BCUT2D eigenvalue weighted by Gasteiger charge is 2.38. The number of hydrogen-bond donors (Lipinski definition) is 2. The first-order chi connectivity index (χ1) is 18.2. The maximum atomic E-state index is 10.6. The number of carbonyl (C=O) groups is 1. The molecule has 210 valence electrons. The average molecular weight is 556 g/mol. The number of alkyl halides is 3. The van der Waals surface area contributed by atoms with Crippen LogP contribution in [0.25, 0.3) is 0 Å². The summed E-state index contributed by atoms with van der Waals surface area (Å²) in [4.78, 5) is 14.0. The first-order valence-corrected chi connectivity index (χ1v) is 13.4. The van der Waals surface area contributed by atoms with E-state index in [2.05, 4.69) is 46.2 Å². The van der Waals surface area contributed by atoms with Gasteiger partial charge < -0.3 is 20.5 Å². The van der Waals surface area contributed by atoms with Crippen molar-refractivity contribution in [1.29, 1.82) is 0 Å². The number of hydrogen-bond acceptors (Lipinski definition) is 5. The van der Waals surface area contributed by atoms with Gasteiger partial charge in [-0.15, -0.1) is 0 Å². The van der Waals surface area contributed by atoms with Crippen LogP contribution in [0.1, 0.15) is 36.8 Å². The van der Waals surface area contributed by atoms with Crippen molar-refractivity contribution in [2.45, 2.75) is 44.9 Å². The number of nitrogens with zero attached hydrogens (tertiary/aromatic N) is 2. The van der Waals surface area contributed by atoms with Crippen LogP contribution in [0, 0.1) is 11.8 Å². The van der Waals surface area contributed by atoms with E-state index in [0.29, 0.717) is 0 Å². The van der Waals surface area contributed by atoms with Crippen LogP contribution in [0.2, 0.25) is 5.02 Å². The Morgan fingerprint density at radius 2 is 1.58 bits per heavy atom. The molecule has 0 bridgehead atoms. The maximum Gasteiger partial charge on any atom is 0.490 e. The van der Waals surface area contributed by atoms with Crippen molar-refractivity contribution in [2.24, 2.45) is 17.6 Å². The second-order valence-electron chi connectivity index (χ2n) is 9.95. The van der Waals surface area contributed by atoms with Gasteiger partial charge in [0.1, 0.15) is 0 Å². The number of carboxylic acid groups (broad SMARTS) is 1. The number of para-hydroxylation sites is 1. The highest BCUT2D eigenvalue weighted by molar-refractivity contribution is 6.30. The summed E-state index contributed by atoms with van der Waals surface area (Å²) in [5.41, 5.74) is 10.0. The van der Waals surface area contributed by atoms with Gasteiger partial charge in [-0.3, -0.25) is 4.90 Å². The van der Waals surface area contributed by atoms with Gasteiger partial charge in [0.15, 0.2) is 0 Å². The molecule has 0 atom stereocenters. The molecule has 2 aliphatic rings. The summed E-state index contributed by atoms with van der Waals surface area (Å²) in [5, 5.41) is 7.92. The molecular formula is C28H37ClF3N3O3. The molecule has 4 rings (SSSR count). The summed E-state index contributed by atoms with van der Waals surface area (Å²) in [6.45, 7) is 7.46. The van der Waals surface area contributed by atoms with E-state index in [1.165, 1.54) is 42.5 Å². The summed E-state index contributed by atoms with van der Waals surface area (Å²) < 4.78 is 37.3. The number of halogens is 4. The number of aliphatic carboxylic acids is 1. The third kappa shape index (κ3) is 9.76. The fourth-order valence-electron chi connectivity index (χ4n) is 5.05. The van der Waals surface area contributed by atoms with Gasteiger partial charge >= 0.3 is 12.1 Å². The highest BCUT2D eigenvalue weighted by atomic mass is 35.5. The van der Waals surface area contributed by atoms with Crippen LogP contribution in [0.5, 0.6) is 0 Å². The van der Waals surface area contributed by atoms with E-state index in [-0.39, 0.29) is 0 Å². The van der Waals surface area contributed by atoms with Gasteiger partial charge in [-0.25, -0.2) is 4.79 Å². The van der Waals surface area contributed by atoms with Crippen LogP contribution >= 0.6 is 11.6 Å². The quantitative estimate of drug-likeness (QED) is 0.443. The summed E-state index contributed by atoms with van der Waals surface area (Å²) in [6.07, 6.45) is 0.0643. The van der Waals surface area contributed by atoms with E-state index >= 15 is 0 Å². The molecule has 0 spiro atoms. The largest absolute Gasteiger partial charge is 0.490 e. The standard InChI is InChI=1S/C26H36ClN3O.C2HF3O2/c27-25-11-9-23(10-12-25)19-29(18-22-7-5-21(17-28)6-8-22)20-24-3-1-2-4-26(24)30-13-15-31-16-14-30;3-2(4,5)1(6)7/h1-4,9-12,21-22H,5-8,13-20,28H2;(H,6,7). The molecule has 1 aliphatic carbocycles. The minimum absolute atomic E-state index is 0.725. The molecule has 38 heavy (non-hydrogen) atoms. The van der Waals surface area contributed by atoms with Gasteiger partial charge in [0.05, 0.1) is 13.2 Å². The second kappa shape index (κ2) is 14.7. The number of ether oxygens (including phenoxy) is 1. The third-order valence-electron chi connectivity index (χ3n) is 7.12. The Bertz CT molecular complexity index is 993. The molecule has 0 radical (unpaired) electrons. The highest BCUT2D eigenvalue weighted by Crippen LogP contribution is 2.30. The van der Waals surface area contributed by atoms with Crippen LogP contribution < -0.4 is 10.6 Å².